The van der Waals surface area contributed by atoms with E-state index in [2.05, 4.69) is 30.6 Å². The standard InChI is InChI=1S/C22H19F3N6OS/c23-11-4-14-15(7-26-19(14)16(24)5-11)20-27-8-17(25)21(31-20)29-12-2-1-3-13(6-12)30-22(32)18-9-33-10-28-18/h4-5,7-10,12-13,26H,1-3,6H2,(H,30,32)(H,27,29,31)/t12-,13+/m0/s1. The van der Waals surface area contributed by atoms with Gasteiger partial charge in [-0.1, -0.05) is 0 Å². The van der Waals surface area contributed by atoms with Gasteiger partial charge in [-0.05, 0) is 31.7 Å². The minimum Gasteiger partial charge on any atom is -0.365 e. The Balaban J connectivity index is 1.34. The van der Waals surface area contributed by atoms with Crippen LogP contribution in [0.1, 0.15) is 36.2 Å². The number of anilines is 1. The fourth-order valence-electron chi connectivity index (χ4n) is 4.17. The van der Waals surface area contributed by atoms with Gasteiger partial charge in [0.1, 0.15) is 17.3 Å². The van der Waals surface area contributed by atoms with Crippen LogP contribution in [0.25, 0.3) is 22.3 Å². The van der Waals surface area contributed by atoms with Crippen LogP contribution in [0, 0.1) is 17.5 Å². The van der Waals surface area contributed by atoms with E-state index in [4.69, 9.17) is 0 Å². The number of carbonyl (C=O) groups excluding carboxylic acids is 1. The minimum absolute atomic E-state index is 0.00250. The van der Waals surface area contributed by atoms with Crippen molar-refractivity contribution in [3.05, 3.63) is 58.6 Å². The predicted octanol–water partition coefficient (Wildman–Crippen LogP) is 4.65. The van der Waals surface area contributed by atoms with E-state index >= 15 is 0 Å². The SMILES string of the molecule is O=C(N[C@@H]1CCC[C@H](Nc2nc(-c3c[nH]c4c(F)cc(F)cc34)ncc2F)C1)c1cscn1. The summed E-state index contributed by atoms with van der Waals surface area (Å²) in [6.45, 7) is 0. The molecule has 1 saturated carbocycles. The van der Waals surface area contributed by atoms with Crippen molar-refractivity contribution < 1.29 is 18.0 Å². The summed E-state index contributed by atoms with van der Waals surface area (Å²) in [5, 5.41) is 8.05. The Bertz CT molecular complexity index is 1310. The Hall–Kier alpha value is -3.47. The molecular formula is C22H19F3N6OS. The number of carbonyl (C=O) groups is 1. The molecular weight excluding hydrogens is 453 g/mol. The zero-order valence-electron chi connectivity index (χ0n) is 17.2. The number of aromatic amines is 1. The van der Waals surface area contributed by atoms with Crippen molar-refractivity contribution in [1.82, 2.24) is 25.3 Å². The van der Waals surface area contributed by atoms with Crippen molar-refractivity contribution in [1.29, 1.82) is 0 Å². The van der Waals surface area contributed by atoms with Crippen LogP contribution < -0.4 is 10.6 Å². The number of H-pyrrole nitrogens is 1. The van der Waals surface area contributed by atoms with Gasteiger partial charge >= 0.3 is 0 Å². The molecule has 5 rings (SSSR count). The van der Waals surface area contributed by atoms with Gasteiger partial charge < -0.3 is 15.6 Å². The first kappa shape index (κ1) is 21.4. The molecule has 0 radical (unpaired) electrons. The van der Waals surface area contributed by atoms with Crippen LogP contribution in [0.2, 0.25) is 0 Å². The maximum absolute atomic E-state index is 14.5. The first-order valence-electron chi connectivity index (χ1n) is 10.4. The van der Waals surface area contributed by atoms with Crippen LogP contribution in [0.4, 0.5) is 19.0 Å². The van der Waals surface area contributed by atoms with Crippen LogP contribution in [0.15, 0.2) is 35.4 Å². The summed E-state index contributed by atoms with van der Waals surface area (Å²) in [5.74, 6) is -2.18. The van der Waals surface area contributed by atoms with Gasteiger partial charge in [-0.15, -0.1) is 11.3 Å². The summed E-state index contributed by atoms with van der Waals surface area (Å²) >= 11 is 1.35. The second-order valence-corrected chi connectivity index (χ2v) is 8.67. The molecule has 0 unspecified atom stereocenters. The molecule has 1 amide bonds. The van der Waals surface area contributed by atoms with E-state index in [0.717, 1.165) is 31.5 Å². The fourth-order valence-corrected chi connectivity index (χ4v) is 4.70. The van der Waals surface area contributed by atoms with E-state index in [1.54, 1.807) is 10.9 Å². The van der Waals surface area contributed by atoms with Crippen LogP contribution >= 0.6 is 11.3 Å². The largest absolute Gasteiger partial charge is 0.365 e. The highest BCUT2D eigenvalue weighted by atomic mass is 32.1. The molecule has 3 heterocycles. The lowest BCUT2D eigenvalue weighted by atomic mass is 9.91. The third kappa shape index (κ3) is 4.40. The number of thiazole rings is 1. The fraction of sp³-hybridized carbons (Fsp3) is 0.273. The van der Waals surface area contributed by atoms with E-state index in [-0.39, 0.29) is 40.5 Å². The molecule has 0 bridgehead atoms. The quantitative estimate of drug-likeness (QED) is 0.393. The van der Waals surface area contributed by atoms with Crippen molar-refractivity contribution in [2.75, 3.05) is 5.32 Å². The minimum atomic E-state index is -0.732. The maximum atomic E-state index is 14.5. The molecule has 1 aliphatic carbocycles. The van der Waals surface area contributed by atoms with Crippen molar-refractivity contribution in [2.45, 2.75) is 37.8 Å². The van der Waals surface area contributed by atoms with Crippen molar-refractivity contribution in [2.24, 2.45) is 0 Å². The molecule has 11 heteroatoms. The molecule has 0 saturated heterocycles. The number of nitrogens with one attached hydrogen (secondary N) is 3. The molecule has 2 atom stereocenters. The highest BCUT2D eigenvalue weighted by Gasteiger charge is 2.25. The number of benzene rings is 1. The second kappa shape index (κ2) is 8.81. The second-order valence-electron chi connectivity index (χ2n) is 7.95. The summed E-state index contributed by atoms with van der Waals surface area (Å²) < 4.78 is 42.3. The molecule has 3 aromatic heterocycles. The van der Waals surface area contributed by atoms with Gasteiger partial charge in [0.25, 0.3) is 5.91 Å². The molecule has 1 aliphatic rings. The number of fused-ring (bicyclic) bond motifs is 1. The van der Waals surface area contributed by atoms with Crippen molar-refractivity contribution >= 4 is 34.0 Å². The smallest absolute Gasteiger partial charge is 0.270 e. The number of amides is 1. The van der Waals surface area contributed by atoms with Crippen LogP contribution in [-0.4, -0.2) is 37.9 Å². The van der Waals surface area contributed by atoms with E-state index in [9.17, 15) is 18.0 Å². The average molecular weight is 472 g/mol. The molecule has 0 spiro atoms. The van der Waals surface area contributed by atoms with Gasteiger partial charge in [-0.25, -0.2) is 28.1 Å². The summed E-state index contributed by atoms with van der Waals surface area (Å²) in [6, 6.07) is 1.78. The molecule has 4 aromatic rings. The zero-order valence-corrected chi connectivity index (χ0v) is 18.1. The van der Waals surface area contributed by atoms with Gasteiger partial charge in [0.05, 0.1) is 17.2 Å². The first-order valence-corrected chi connectivity index (χ1v) is 11.4. The number of hydrogen-bond acceptors (Lipinski definition) is 6. The Morgan fingerprint density at radius 3 is 2.79 bits per heavy atom. The van der Waals surface area contributed by atoms with E-state index in [1.165, 1.54) is 23.6 Å². The lowest BCUT2D eigenvalue weighted by Gasteiger charge is -2.30. The van der Waals surface area contributed by atoms with Crippen LogP contribution in [0.3, 0.4) is 0 Å². The number of rotatable bonds is 5. The van der Waals surface area contributed by atoms with E-state index in [1.807, 2.05) is 0 Å². The summed E-state index contributed by atoms with van der Waals surface area (Å²) in [7, 11) is 0. The Morgan fingerprint density at radius 2 is 1.97 bits per heavy atom. The number of aromatic nitrogens is 4. The first-order chi connectivity index (χ1) is 16.0. The highest BCUT2D eigenvalue weighted by molar-refractivity contribution is 7.07. The Kier molecular flexibility index (Phi) is 5.71. The van der Waals surface area contributed by atoms with Gasteiger partial charge in [-0.2, -0.15) is 0 Å². The topological polar surface area (TPSA) is 95.6 Å². The summed E-state index contributed by atoms with van der Waals surface area (Å²) in [5.41, 5.74) is 2.48. The van der Waals surface area contributed by atoms with Crippen LogP contribution in [0.5, 0.6) is 0 Å². The lowest BCUT2D eigenvalue weighted by molar-refractivity contribution is 0.0922. The zero-order chi connectivity index (χ0) is 22.9. The predicted molar refractivity (Wildman–Crippen MR) is 118 cm³/mol. The molecule has 33 heavy (non-hydrogen) atoms. The van der Waals surface area contributed by atoms with Gasteiger partial charge in [-0.3, -0.25) is 4.79 Å². The Morgan fingerprint density at radius 1 is 1.12 bits per heavy atom. The van der Waals surface area contributed by atoms with E-state index in [0.29, 0.717) is 17.7 Å². The number of nitrogens with zero attached hydrogens (tertiary/aromatic N) is 3. The molecule has 0 aliphatic heterocycles. The molecule has 1 fully saturated rings. The third-order valence-electron chi connectivity index (χ3n) is 5.71. The molecule has 3 N–H and O–H groups in total. The summed E-state index contributed by atoms with van der Waals surface area (Å²) in [6.07, 6.45) is 5.54. The van der Waals surface area contributed by atoms with Crippen LogP contribution in [-0.2, 0) is 0 Å². The molecule has 170 valence electrons. The average Bonchev–Trinajstić information content (AvgIpc) is 3.46. The molecule has 7 nitrogen and oxygen atoms in total. The van der Waals surface area contributed by atoms with E-state index < -0.39 is 17.5 Å². The highest BCUT2D eigenvalue weighted by Crippen LogP contribution is 2.30. The Labute approximate surface area is 190 Å². The normalized spacial score (nSPS) is 18.4. The number of hydrogen-bond donors (Lipinski definition) is 3. The monoisotopic (exact) mass is 472 g/mol. The third-order valence-corrected chi connectivity index (χ3v) is 6.29. The maximum Gasteiger partial charge on any atom is 0.270 e. The summed E-state index contributed by atoms with van der Waals surface area (Å²) in [4.78, 5) is 27.4. The number of halogens is 3. The lowest BCUT2D eigenvalue weighted by Crippen LogP contribution is -2.42. The van der Waals surface area contributed by atoms with Crippen molar-refractivity contribution in [3.63, 3.8) is 0 Å². The van der Waals surface area contributed by atoms with Gasteiger partial charge in [0, 0.05) is 40.7 Å². The molecule has 1 aromatic carbocycles. The van der Waals surface area contributed by atoms with Gasteiger partial charge in [0.15, 0.2) is 17.5 Å². The van der Waals surface area contributed by atoms with Crippen molar-refractivity contribution in [3.8, 4) is 11.4 Å². The van der Waals surface area contributed by atoms with Gasteiger partial charge in [0.2, 0.25) is 0 Å².